The Kier molecular flexibility index (Phi) is 4.59. The third-order valence-corrected chi connectivity index (χ3v) is 5.44. The summed E-state index contributed by atoms with van der Waals surface area (Å²) >= 11 is 1.40. The van der Waals surface area contributed by atoms with Crippen LogP contribution >= 0.6 is 11.3 Å². The van der Waals surface area contributed by atoms with E-state index in [1.807, 2.05) is 49.8 Å². The summed E-state index contributed by atoms with van der Waals surface area (Å²) in [7, 11) is 4.01. The van der Waals surface area contributed by atoms with Gasteiger partial charge in [-0.3, -0.25) is 4.79 Å². The van der Waals surface area contributed by atoms with E-state index in [-0.39, 0.29) is 11.3 Å². The molecule has 2 aromatic heterocycles. The third kappa shape index (κ3) is 3.29. The average molecular weight is 380 g/mol. The number of likely N-dealkylation sites (N-methyl/N-ethyl adjacent to an activating group) is 1. The molecule has 0 spiro atoms. The van der Waals surface area contributed by atoms with Gasteiger partial charge in [0.15, 0.2) is 0 Å². The molecule has 0 saturated carbocycles. The maximum absolute atomic E-state index is 12.3. The van der Waals surface area contributed by atoms with Crippen LogP contribution in [0.3, 0.4) is 0 Å². The Labute approximate surface area is 160 Å². The van der Waals surface area contributed by atoms with Gasteiger partial charge < -0.3 is 19.7 Å². The van der Waals surface area contributed by atoms with E-state index in [0.29, 0.717) is 22.4 Å². The van der Waals surface area contributed by atoms with Gasteiger partial charge in [0, 0.05) is 28.4 Å². The fraction of sp³-hybridized carbons (Fsp3) is 0.190. The molecular formula is C21H20N2O3S. The molecule has 4 rings (SSSR count). The lowest BCUT2D eigenvalue weighted by Crippen LogP contribution is -2.19. The second kappa shape index (κ2) is 7.06. The molecule has 27 heavy (non-hydrogen) atoms. The number of ether oxygens (including phenoxy) is 1. The van der Waals surface area contributed by atoms with Crippen LogP contribution in [0.1, 0.15) is 0 Å². The minimum atomic E-state index is -0.103. The molecule has 0 fully saturated rings. The predicted molar refractivity (Wildman–Crippen MR) is 111 cm³/mol. The Morgan fingerprint density at radius 3 is 2.63 bits per heavy atom. The molecule has 0 radical (unpaired) electrons. The maximum atomic E-state index is 12.3. The number of phenols is 1. The van der Waals surface area contributed by atoms with E-state index in [9.17, 15) is 9.90 Å². The van der Waals surface area contributed by atoms with Gasteiger partial charge in [-0.15, -0.1) is 11.3 Å². The van der Waals surface area contributed by atoms with Crippen molar-refractivity contribution < 1.29 is 9.84 Å². The lowest BCUT2D eigenvalue weighted by molar-refractivity contribution is 0.261. The first-order chi connectivity index (χ1) is 13.0. The van der Waals surface area contributed by atoms with E-state index in [1.165, 1.54) is 11.3 Å². The Morgan fingerprint density at radius 1 is 1.11 bits per heavy atom. The Morgan fingerprint density at radius 2 is 1.89 bits per heavy atom. The van der Waals surface area contributed by atoms with Crippen LogP contribution < -0.4 is 10.3 Å². The molecule has 4 aromatic rings. The first-order valence-corrected chi connectivity index (χ1v) is 9.55. The highest BCUT2D eigenvalue weighted by atomic mass is 32.1. The molecule has 0 aliphatic carbocycles. The van der Waals surface area contributed by atoms with E-state index in [2.05, 4.69) is 9.88 Å². The molecule has 2 aromatic carbocycles. The normalized spacial score (nSPS) is 11.5. The van der Waals surface area contributed by atoms with Crippen molar-refractivity contribution in [3.05, 3.63) is 58.2 Å². The SMILES string of the molecule is CN(C)CCOc1ccc(-c2c(O)ccc3[nH]c(=O)c4sccc4c23)cc1. The topological polar surface area (TPSA) is 65.6 Å². The molecule has 2 N–H and O–H groups in total. The van der Waals surface area contributed by atoms with Gasteiger partial charge in [-0.25, -0.2) is 0 Å². The van der Waals surface area contributed by atoms with Crippen LogP contribution in [-0.2, 0) is 0 Å². The van der Waals surface area contributed by atoms with Gasteiger partial charge in [-0.05, 0) is 55.4 Å². The van der Waals surface area contributed by atoms with Gasteiger partial charge in [0.05, 0.1) is 0 Å². The molecule has 138 valence electrons. The fourth-order valence-corrected chi connectivity index (χ4v) is 3.99. The van der Waals surface area contributed by atoms with Crippen molar-refractivity contribution in [2.75, 3.05) is 27.2 Å². The molecule has 2 heterocycles. The molecule has 5 nitrogen and oxygen atoms in total. The van der Waals surface area contributed by atoms with E-state index in [1.54, 1.807) is 12.1 Å². The Bertz CT molecular complexity index is 1160. The van der Waals surface area contributed by atoms with Crippen LogP contribution in [0.5, 0.6) is 11.5 Å². The first kappa shape index (κ1) is 17.6. The van der Waals surface area contributed by atoms with Crippen molar-refractivity contribution in [2.45, 2.75) is 0 Å². The number of rotatable bonds is 5. The van der Waals surface area contributed by atoms with Crippen molar-refractivity contribution in [3.63, 3.8) is 0 Å². The van der Waals surface area contributed by atoms with Crippen LogP contribution in [0, 0.1) is 0 Å². The number of aromatic hydroxyl groups is 1. The highest BCUT2D eigenvalue weighted by Crippen LogP contribution is 2.39. The minimum absolute atomic E-state index is 0.103. The van der Waals surface area contributed by atoms with Gasteiger partial charge in [0.1, 0.15) is 22.8 Å². The summed E-state index contributed by atoms with van der Waals surface area (Å²) in [6.45, 7) is 1.46. The number of benzene rings is 2. The summed E-state index contributed by atoms with van der Waals surface area (Å²) in [4.78, 5) is 17.2. The maximum Gasteiger partial charge on any atom is 0.266 e. The molecular weight excluding hydrogens is 360 g/mol. The average Bonchev–Trinajstić information content (AvgIpc) is 3.13. The number of aromatic amines is 1. The Balaban J connectivity index is 1.80. The van der Waals surface area contributed by atoms with Gasteiger partial charge in [0.2, 0.25) is 0 Å². The number of fused-ring (bicyclic) bond motifs is 3. The standard InChI is InChI=1S/C21H20N2O3S/c1-23(2)10-11-26-14-5-3-13(4-6-14)18-17(24)8-7-16-19(18)15-9-12-27-20(15)21(25)22-16/h3-9,12,24H,10-11H2,1-2H3,(H,22,25). The molecule has 6 heteroatoms. The molecule has 0 aliphatic rings. The van der Waals surface area contributed by atoms with E-state index in [4.69, 9.17) is 4.74 Å². The van der Waals surface area contributed by atoms with E-state index in [0.717, 1.165) is 28.6 Å². The highest BCUT2D eigenvalue weighted by molar-refractivity contribution is 7.17. The quantitative estimate of drug-likeness (QED) is 0.548. The largest absolute Gasteiger partial charge is 0.507 e. The van der Waals surface area contributed by atoms with E-state index < -0.39 is 0 Å². The number of H-pyrrole nitrogens is 1. The van der Waals surface area contributed by atoms with Crippen LogP contribution in [0.25, 0.3) is 32.1 Å². The third-order valence-electron chi connectivity index (χ3n) is 4.52. The number of hydrogen-bond donors (Lipinski definition) is 2. The predicted octanol–water partition coefficient (Wildman–Crippen LogP) is 4.06. The smallest absolute Gasteiger partial charge is 0.266 e. The monoisotopic (exact) mass is 380 g/mol. The summed E-state index contributed by atoms with van der Waals surface area (Å²) in [6.07, 6.45) is 0. The molecule has 0 aliphatic heterocycles. The fourth-order valence-electron chi connectivity index (χ4n) is 3.19. The van der Waals surface area contributed by atoms with Crippen LogP contribution in [0.4, 0.5) is 0 Å². The van der Waals surface area contributed by atoms with Crippen molar-refractivity contribution in [1.82, 2.24) is 9.88 Å². The molecule has 0 atom stereocenters. The zero-order valence-corrected chi connectivity index (χ0v) is 16.0. The number of pyridine rings is 1. The van der Waals surface area contributed by atoms with Crippen LogP contribution in [-0.4, -0.2) is 42.2 Å². The zero-order valence-electron chi connectivity index (χ0n) is 15.2. The summed E-state index contributed by atoms with van der Waals surface area (Å²) < 4.78 is 6.41. The van der Waals surface area contributed by atoms with Crippen molar-refractivity contribution >= 4 is 32.3 Å². The van der Waals surface area contributed by atoms with Gasteiger partial charge in [-0.2, -0.15) is 0 Å². The zero-order chi connectivity index (χ0) is 19.0. The van der Waals surface area contributed by atoms with Gasteiger partial charge >= 0.3 is 0 Å². The van der Waals surface area contributed by atoms with Crippen molar-refractivity contribution in [3.8, 4) is 22.6 Å². The van der Waals surface area contributed by atoms with Gasteiger partial charge in [-0.1, -0.05) is 12.1 Å². The Hall–Kier alpha value is -2.83. The highest BCUT2D eigenvalue weighted by Gasteiger charge is 2.15. The summed E-state index contributed by atoms with van der Waals surface area (Å²) in [5, 5.41) is 14.2. The summed E-state index contributed by atoms with van der Waals surface area (Å²) in [6, 6.07) is 13.0. The lowest BCUT2D eigenvalue weighted by Gasteiger charge is -2.13. The molecule has 0 unspecified atom stereocenters. The minimum Gasteiger partial charge on any atom is -0.507 e. The van der Waals surface area contributed by atoms with Crippen molar-refractivity contribution in [2.24, 2.45) is 0 Å². The van der Waals surface area contributed by atoms with Gasteiger partial charge in [0.25, 0.3) is 5.56 Å². The van der Waals surface area contributed by atoms with Crippen LogP contribution in [0.15, 0.2) is 52.6 Å². The first-order valence-electron chi connectivity index (χ1n) is 8.68. The number of phenolic OH excluding ortho intramolecular Hbond substituents is 1. The van der Waals surface area contributed by atoms with E-state index >= 15 is 0 Å². The lowest BCUT2D eigenvalue weighted by atomic mass is 9.97. The number of nitrogens with one attached hydrogen (secondary N) is 1. The van der Waals surface area contributed by atoms with Crippen LogP contribution in [0.2, 0.25) is 0 Å². The summed E-state index contributed by atoms with van der Waals surface area (Å²) in [5.41, 5.74) is 2.20. The number of hydrogen-bond acceptors (Lipinski definition) is 5. The molecule has 0 saturated heterocycles. The number of aromatic nitrogens is 1. The number of nitrogens with zero attached hydrogens (tertiary/aromatic N) is 1. The van der Waals surface area contributed by atoms with Crippen molar-refractivity contribution in [1.29, 1.82) is 0 Å². The summed E-state index contributed by atoms with van der Waals surface area (Å²) in [5.74, 6) is 0.970. The number of thiophene rings is 1. The molecule has 0 bridgehead atoms. The molecule has 0 amide bonds. The second-order valence-electron chi connectivity index (χ2n) is 6.68. The second-order valence-corrected chi connectivity index (χ2v) is 7.59.